The van der Waals surface area contributed by atoms with Crippen molar-refractivity contribution in [2.45, 2.75) is 25.5 Å². The normalized spacial score (nSPS) is 12.3. The van der Waals surface area contributed by atoms with Crippen molar-refractivity contribution < 1.29 is 8.42 Å². The molecule has 0 aliphatic heterocycles. The van der Waals surface area contributed by atoms with Crippen LogP contribution in [-0.2, 0) is 15.6 Å². The standard InChI is InChI=1S/C10H11Cl2N3O2S2/c1-6(2)5-15-9(7-3-4-8(11)18-7)13-14-10(15)19(12,16)17/h3-4,6H,5H2,1-2H3. The fourth-order valence-electron chi connectivity index (χ4n) is 1.62. The van der Waals surface area contributed by atoms with E-state index in [-0.39, 0.29) is 11.1 Å². The first-order chi connectivity index (χ1) is 8.79. The molecule has 5 nitrogen and oxygen atoms in total. The summed E-state index contributed by atoms with van der Waals surface area (Å²) in [5.41, 5.74) is 0. The van der Waals surface area contributed by atoms with Gasteiger partial charge in [0.25, 0.3) is 14.2 Å². The monoisotopic (exact) mass is 339 g/mol. The van der Waals surface area contributed by atoms with Gasteiger partial charge < -0.3 is 0 Å². The van der Waals surface area contributed by atoms with E-state index in [0.717, 1.165) is 4.88 Å². The van der Waals surface area contributed by atoms with Gasteiger partial charge in [-0.15, -0.1) is 21.5 Å². The minimum Gasteiger partial charge on any atom is -0.296 e. The Labute approximate surface area is 124 Å². The third kappa shape index (κ3) is 3.28. The van der Waals surface area contributed by atoms with Crippen LogP contribution in [0.2, 0.25) is 4.34 Å². The molecule has 0 saturated heterocycles. The van der Waals surface area contributed by atoms with Gasteiger partial charge in [-0.05, 0) is 18.1 Å². The average Bonchev–Trinajstić information content (AvgIpc) is 2.82. The van der Waals surface area contributed by atoms with Crippen LogP contribution in [0.5, 0.6) is 0 Å². The van der Waals surface area contributed by atoms with Gasteiger partial charge in [-0.25, -0.2) is 8.42 Å². The smallest absolute Gasteiger partial charge is 0.296 e. The van der Waals surface area contributed by atoms with Gasteiger partial charge in [-0.2, -0.15) is 0 Å². The van der Waals surface area contributed by atoms with Crippen molar-refractivity contribution in [3.05, 3.63) is 16.5 Å². The number of aromatic nitrogens is 3. The van der Waals surface area contributed by atoms with Crippen LogP contribution >= 0.6 is 33.6 Å². The Morgan fingerprint density at radius 1 is 1.37 bits per heavy atom. The maximum Gasteiger partial charge on any atom is 0.296 e. The third-order valence-electron chi connectivity index (χ3n) is 2.28. The van der Waals surface area contributed by atoms with Crippen molar-refractivity contribution in [2.24, 2.45) is 5.92 Å². The molecular weight excluding hydrogens is 329 g/mol. The number of hydrogen-bond acceptors (Lipinski definition) is 5. The van der Waals surface area contributed by atoms with E-state index in [1.807, 2.05) is 13.8 Å². The van der Waals surface area contributed by atoms with E-state index in [1.54, 1.807) is 12.1 Å². The molecule has 0 atom stereocenters. The molecule has 104 valence electrons. The summed E-state index contributed by atoms with van der Waals surface area (Å²) in [6.45, 7) is 4.39. The fraction of sp³-hybridized carbons (Fsp3) is 0.400. The second-order valence-electron chi connectivity index (χ2n) is 4.35. The Hall–Kier alpha value is -0.630. The summed E-state index contributed by atoms with van der Waals surface area (Å²) in [6.07, 6.45) is 0. The molecule has 2 aromatic heterocycles. The van der Waals surface area contributed by atoms with Crippen LogP contribution in [0.4, 0.5) is 0 Å². The van der Waals surface area contributed by atoms with E-state index in [0.29, 0.717) is 16.7 Å². The van der Waals surface area contributed by atoms with Gasteiger partial charge in [0.1, 0.15) is 0 Å². The van der Waals surface area contributed by atoms with Gasteiger partial charge in [0.2, 0.25) is 0 Å². The van der Waals surface area contributed by atoms with Crippen LogP contribution in [0.25, 0.3) is 10.7 Å². The lowest BCUT2D eigenvalue weighted by Crippen LogP contribution is -2.11. The van der Waals surface area contributed by atoms with Gasteiger partial charge in [0.15, 0.2) is 5.82 Å². The van der Waals surface area contributed by atoms with Crippen LogP contribution < -0.4 is 0 Å². The topological polar surface area (TPSA) is 64.8 Å². The lowest BCUT2D eigenvalue weighted by atomic mass is 10.2. The second kappa shape index (κ2) is 5.40. The molecule has 0 aromatic carbocycles. The van der Waals surface area contributed by atoms with Crippen molar-refractivity contribution in [3.8, 4) is 10.7 Å². The summed E-state index contributed by atoms with van der Waals surface area (Å²) in [4.78, 5) is 0.754. The number of nitrogens with zero attached hydrogens (tertiary/aromatic N) is 3. The Bertz CT molecular complexity index is 691. The van der Waals surface area contributed by atoms with Crippen LogP contribution in [0.1, 0.15) is 13.8 Å². The van der Waals surface area contributed by atoms with Crippen LogP contribution in [0.15, 0.2) is 17.3 Å². The van der Waals surface area contributed by atoms with Crippen LogP contribution in [0.3, 0.4) is 0 Å². The molecule has 2 aromatic rings. The highest BCUT2D eigenvalue weighted by Gasteiger charge is 2.24. The van der Waals surface area contributed by atoms with Gasteiger partial charge in [-0.3, -0.25) is 4.57 Å². The van der Waals surface area contributed by atoms with Crippen LogP contribution in [0, 0.1) is 5.92 Å². The lowest BCUT2D eigenvalue weighted by molar-refractivity contribution is 0.489. The molecule has 19 heavy (non-hydrogen) atoms. The molecule has 0 unspecified atom stereocenters. The van der Waals surface area contributed by atoms with Gasteiger partial charge in [0, 0.05) is 17.2 Å². The largest absolute Gasteiger partial charge is 0.296 e. The second-order valence-corrected chi connectivity index (χ2v) is 8.53. The number of rotatable bonds is 4. The minimum absolute atomic E-state index is 0.224. The van der Waals surface area contributed by atoms with Crippen molar-refractivity contribution in [1.82, 2.24) is 14.8 Å². The fourth-order valence-corrected chi connectivity index (χ4v) is 3.56. The first-order valence-electron chi connectivity index (χ1n) is 5.42. The van der Waals surface area contributed by atoms with E-state index in [2.05, 4.69) is 10.2 Å². The quantitative estimate of drug-likeness (QED) is 0.802. The van der Waals surface area contributed by atoms with Gasteiger partial charge in [0.05, 0.1) is 9.21 Å². The molecular formula is C10H11Cl2N3O2S2. The summed E-state index contributed by atoms with van der Waals surface area (Å²) in [6, 6.07) is 3.50. The molecule has 9 heteroatoms. The predicted octanol–water partition coefficient (Wildman–Crippen LogP) is 3.24. The van der Waals surface area contributed by atoms with E-state index >= 15 is 0 Å². The Balaban J connectivity index is 2.59. The van der Waals surface area contributed by atoms with E-state index < -0.39 is 9.05 Å². The summed E-state index contributed by atoms with van der Waals surface area (Å²) < 4.78 is 25.1. The van der Waals surface area contributed by atoms with E-state index in [1.165, 1.54) is 15.9 Å². The van der Waals surface area contributed by atoms with E-state index in [9.17, 15) is 8.42 Å². The zero-order chi connectivity index (χ0) is 14.2. The van der Waals surface area contributed by atoms with Crippen molar-refractivity contribution in [2.75, 3.05) is 0 Å². The minimum atomic E-state index is -3.93. The zero-order valence-corrected chi connectivity index (χ0v) is 13.3. The highest BCUT2D eigenvalue weighted by atomic mass is 35.7. The molecule has 0 N–H and O–H groups in total. The zero-order valence-electron chi connectivity index (χ0n) is 10.2. The maximum absolute atomic E-state index is 11.5. The summed E-state index contributed by atoms with van der Waals surface area (Å²) in [5.74, 6) is 0.687. The highest BCUT2D eigenvalue weighted by Crippen LogP contribution is 2.31. The number of thiophene rings is 1. The first kappa shape index (κ1) is 14.8. The third-order valence-corrected chi connectivity index (χ3v) is 4.66. The van der Waals surface area contributed by atoms with Crippen molar-refractivity contribution in [1.29, 1.82) is 0 Å². The van der Waals surface area contributed by atoms with Gasteiger partial charge >= 0.3 is 0 Å². The molecule has 2 heterocycles. The SMILES string of the molecule is CC(C)Cn1c(-c2ccc(Cl)s2)nnc1S(=O)(=O)Cl. The summed E-state index contributed by atoms with van der Waals surface area (Å²) in [5, 5.41) is 7.37. The maximum atomic E-state index is 11.5. The molecule has 0 fully saturated rings. The molecule has 0 amide bonds. The Kier molecular flexibility index (Phi) is 4.20. The summed E-state index contributed by atoms with van der Waals surface area (Å²) in [7, 11) is 1.45. The molecule has 2 rings (SSSR count). The lowest BCUT2D eigenvalue weighted by Gasteiger charge is -2.10. The molecule has 0 spiro atoms. The Morgan fingerprint density at radius 2 is 2.05 bits per heavy atom. The van der Waals surface area contributed by atoms with E-state index in [4.69, 9.17) is 22.3 Å². The van der Waals surface area contributed by atoms with Crippen molar-refractivity contribution >= 4 is 42.7 Å². The van der Waals surface area contributed by atoms with Gasteiger partial charge in [-0.1, -0.05) is 25.4 Å². The molecule has 0 bridgehead atoms. The van der Waals surface area contributed by atoms with Crippen LogP contribution in [-0.4, -0.2) is 23.2 Å². The predicted molar refractivity (Wildman–Crippen MR) is 76.2 cm³/mol. The molecule has 0 aliphatic carbocycles. The highest BCUT2D eigenvalue weighted by molar-refractivity contribution is 8.13. The summed E-state index contributed by atoms with van der Waals surface area (Å²) >= 11 is 7.19. The number of halogens is 2. The molecule has 0 aliphatic rings. The average molecular weight is 340 g/mol. The Morgan fingerprint density at radius 3 is 2.53 bits per heavy atom. The van der Waals surface area contributed by atoms with Crippen molar-refractivity contribution in [3.63, 3.8) is 0 Å². The first-order valence-corrected chi connectivity index (χ1v) is 8.93. The number of hydrogen-bond donors (Lipinski definition) is 0. The molecule has 0 radical (unpaired) electrons. The molecule has 0 saturated carbocycles.